The predicted molar refractivity (Wildman–Crippen MR) is 252 cm³/mol. The smallest absolute Gasteiger partial charge is 0.284 e. The summed E-state index contributed by atoms with van der Waals surface area (Å²) in [6.45, 7) is 3.76. The number of hydrogen-bond donors (Lipinski definition) is 2. The molecule has 0 spiro atoms. The fraction of sp³-hybridized carbons (Fsp3) is 0.392. The number of amides is 2. The Kier molecular flexibility index (Phi) is 15.9. The van der Waals surface area contributed by atoms with E-state index in [2.05, 4.69) is 37.6 Å². The van der Waals surface area contributed by atoms with Gasteiger partial charge >= 0.3 is 0 Å². The van der Waals surface area contributed by atoms with Gasteiger partial charge in [0.25, 0.3) is 18.2 Å². The summed E-state index contributed by atoms with van der Waals surface area (Å²) in [5, 5.41) is 10.2. The fourth-order valence-corrected chi connectivity index (χ4v) is 8.30. The van der Waals surface area contributed by atoms with Gasteiger partial charge in [-0.3, -0.25) is 14.3 Å². The highest BCUT2D eigenvalue weighted by Gasteiger charge is 2.28. The number of carbonyl (C=O) groups is 2. The summed E-state index contributed by atoms with van der Waals surface area (Å²) < 4.78 is 52.7. The first kappa shape index (κ1) is 46.9. The van der Waals surface area contributed by atoms with Gasteiger partial charge in [0.15, 0.2) is 11.4 Å². The average molecular weight is 917 g/mol. The molecule has 0 saturated heterocycles. The summed E-state index contributed by atoms with van der Waals surface area (Å²) in [5.41, 5.74) is 1.90. The zero-order chi connectivity index (χ0) is 46.5. The molecule has 3 heterocycles. The quantitative estimate of drug-likeness (QED) is 0.0592. The SMILES string of the molecule is COCC(=O)N(Cc1ccccc1)c1ccc(Oc2ccc(OCCCCN(C)C[C@H]3CC[C@H](n4cc(NC(=O)c5coc(-c6ccnc(NCC7CC7)c6)n5)c(C(F)F)n4)CC3)cc2)cc1. The van der Waals surface area contributed by atoms with E-state index in [0.29, 0.717) is 47.9 Å². The Labute approximate surface area is 389 Å². The van der Waals surface area contributed by atoms with E-state index in [0.717, 1.165) is 75.2 Å². The van der Waals surface area contributed by atoms with Crippen LogP contribution in [0, 0.1) is 11.8 Å². The second-order valence-corrected chi connectivity index (χ2v) is 17.4. The van der Waals surface area contributed by atoms with Crippen LogP contribution >= 0.6 is 0 Å². The molecule has 16 heteroatoms. The monoisotopic (exact) mass is 916 g/mol. The van der Waals surface area contributed by atoms with Crippen LogP contribution in [0.4, 0.5) is 26.0 Å². The largest absolute Gasteiger partial charge is 0.494 e. The molecule has 0 aliphatic heterocycles. The van der Waals surface area contributed by atoms with Gasteiger partial charge in [0, 0.05) is 43.8 Å². The van der Waals surface area contributed by atoms with Gasteiger partial charge in [-0.15, -0.1) is 0 Å². The number of halogens is 2. The number of ether oxygens (including phenoxy) is 3. The van der Waals surface area contributed by atoms with Gasteiger partial charge < -0.3 is 39.1 Å². The molecule has 0 radical (unpaired) electrons. The maximum Gasteiger partial charge on any atom is 0.284 e. The molecular weight excluding hydrogens is 859 g/mol. The van der Waals surface area contributed by atoms with Crippen molar-refractivity contribution in [3.63, 3.8) is 0 Å². The number of aromatic nitrogens is 4. The van der Waals surface area contributed by atoms with E-state index in [9.17, 15) is 18.4 Å². The third-order valence-corrected chi connectivity index (χ3v) is 12.2. The summed E-state index contributed by atoms with van der Waals surface area (Å²) in [4.78, 5) is 38.7. The minimum atomic E-state index is -2.86. The van der Waals surface area contributed by atoms with Crippen molar-refractivity contribution in [1.82, 2.24) is 24.6 Å². The van der Waals surface area contributed by atoms with Crippen LogP contribution in [0.15, 0.2) is 114 Å². The summed E-state index contributed by atoms with van der Waals surface area (Å²) in [7, 11) is 3.65. The van der Waals surface area contributed by atoms with Crippen LogP contribution in [0.25, 0.3) is 11.5 Å². The van der Waals surface area contributed by atoms with Crippen LogP contribution in [0.1, 0.15) is 85.6 Å². The van der Waals surface area contributed by atoms with E-state index in [1.807, 2.05) is 78.9 Å². The molecule has 3 aromatic carbocycles. The summed E-state index contributed by atoms with van der Waals surface area (Å²) in [5.74, 6) is 3.40. The van der Waals surface area contributed by atoms with E-state index in [1.54, 1.807) is 27.9 Å². The maximum atomic E-state index is 14.2. The van der Waals surface area contributed by atoms with E-state index in [-0.39, 0.29) is 35.8 Å². The number of unbranched alkanes of at least 4 members (excludes halogenated alkanes) is 1. The Morgan fingerprint density at radius 2 is 1.61 bits per heavy atom. The third kappa shape index (κ3) is 13.3. The molecule has 2 aliphatic rings. The lowest BCUT2D eigenvalue weighted by Gasteiger charge is -2.31. The zero-order valence-corrected chi connectivity index (χ0v) is 38.0. The van der Waals surface area contributed by atoms with E-state index in [4.69, 9.17) is 18.6 Å². The minimum Gasteiger partial charge on any atom is -0.494 e. The first-order chi connectivity index (χ1) is 32.7. The molecule has 14 nitrogen and oxygen atoms in total. The average Bonchev–Trinajstić information content (AvgIpc) is 3.86. The molecule has 2 amide bonds. The number of rotatable bonds is 23. The second kappa shape index (κ2) is 22.7. The number of alkyl halides is 2. The van der Waals surface area contributed by atoms with Gasteiger partial charge in [-0.2, -0.15) is 5.10 Å². The standard InChI is InChI=1S/C51H58F2N8O6/c1-59(26-6-7-27-65-41-20-22-43(23-21-41)67-42-18-16-39(17-19-42)60(47(62)34-64-2)31-36-8-4-3-5-9-36)30-37-12-14-40(15-13-37)61-32-44(48(58-61)49(52)53)56-50(63)45-33-66-51(57-45)38-24-25-54-46(28-38)55-29-35-10-11-35/h3-5,8-9,16-25,28,32-33,35,37,40,49H,6-7,10-15,26-27,29-31,34H2,1-2H3,(H,54,55)(H,56,63)/t37-,40-. The van der Waals surface area contributed by atoms with Crippen LogP contribution in [0.5, 0.6) is 17.2 Å². The Balaban J connectivity index is 0.729. The summed E-state index contributed by atoms with van der Waals surface area (Å²) >= 11 is 0. The lowest BCUT2D eigenvalue weighted by molar-refractivity contribution is -0.122. The Bertz CT molecular complexity index is 2510. The van der Waals surface area contributed by atoms with E-state index < -0.39 is 18.0 Å². The molecular formula is C51H58F2N8O6. The van der Waals surface area contributed by atoms with Crippen molar-refractivity contribution in [2.24, 2.45) is 11.8 Å². The van der Waals surface area contributed by atoms with Crippen molar-refractivity contribution < 1.29 is 37.0 Å². The predicted octanol–water partition coefficient (Wildman–Crippen LogP) is 10.4. The van der Waals surface area contributed by atoms with Crippen molar-refractivity contribution in [2.45, 2.75) is 70.4 Å². The molecule has 8 rings (SSSR count). The van der Waals surface area contributed by atoms with Gasteiger partial charge in [0.1, 0.15) is 35.9 Å². The Hall–Kier alpha value is -6.65. The summed E-state index contributed by atoms with van der Waals surface area (Å²) in [6, 6.07) is 28.3. The molecule has 3 aromatic heterocycles. The van der Waals surface area contributed by atoms with Gasteiger partial charge in [0.2, 0.25) is 5.89 Å². The van der Waals surface area contributed by atoms with Crippen LogP contribution < -0.4 is 25.0 Å². The highest BCUT2D eigenvalue weighted by Crippen LogP contribution is 2.36. The number of methoxy groups -OCH3 is 1. The van der Waals surface area contributed by atoms with Crippen molar-refractivity contribution in [3.8, 4) is 28.7 Å². The van der Waals surface area contributed by atoms with E-state index in [1.165, 1.54) is 32.4 Å². The Morgan fingerprint density at radius 3 is 2.33 bits per heavy atom. The minimum absolute atomic E-state index is 0.0122. The molecule has 0 atom stereocenters. The molecule has 67 heavy (non-hydrogen) atoms. The highest BCUT2D eigenvalue weighted by molar-refractivity contribution is 6.03. The van der Waals surface area contributed by atoms with Crippen LogP contribution in [-0.4, -0.2) is 83.5 Å². The zero-order valence-electron chi connectivity index (χ0n) is 38.0. The molecule has 6 aromatic rings. The van der Waals surface area contributed by atoms with E-state index >= 15 is 0 Å². The summed E-state index contributed by atoms with van der Waals surface area (Å²) in [6.07, 6.45) is 9.35. The molecule has 2 N–H and O–H groups in total. The molecule has 2 saturated carbocycles. The van der Waals surface area contributed by atoms with Crippen LogP contribution in [0.2, 0.25) is 0 Å². The first-order valence-electron chi connectivity index (χ1n) is 23.0. The second-order valence-electron chi connectivity index (χ2n) is 17.4. The maximum absolute atomic E-state index is 14.2. The number of nitrogens with one attached hydrogen (secondary N) is 2. The van der Waals surface area contributed by atoms with Crippen molar-refractivity contribution in [3.05, 3.63) is 127 Å². The molecule has 2 fully saturated rings. The normalized spacial score (nSPS) is 16.0. The number of hydrogen-bond acceptors (Lipinski definition) is 11. The van der Waals surface area contributed by atoms with Crippen molar-refractivity contribution >= 4 is 29.0 Å². The Morgan fingerprint density at radius 1 is 0.896 bits per heavy atom. The topological polar surface area (TPSA) is 149 Å². The van der Waals surface area contributed by atoms with Crippen LogP contribution in [0.3, 0.4) is 0 Å². The number of pyridine rings is 1. The van der Waals surface area contributed by atoms with Gasteiger partial charge in [-0.1, -0.05) is 30.3 Å². The fourth-order valence-electron chi connectivity index (χ4n) is 8.30. The number of carbonyl (C=O) groups excluding carboxylic acids is 2. The van der Waals surface area contributed by atoms with Gasteiger partial charge in [-0.05, 0) is 143 Å². The first-order valence-corrected chi connectivity index (χ1v) is 23.0. The number of benzene rings is 3. The highest BCUT2D eigenvalue weighted by atomic mass is 19.3. The molecule has 0 bridgehead atoms. The van der Waals surface area contributed by atoms with Crippen LogP contribution in [-0.2, 0) is 16.1 Å². The van der Waals surface area contributed by atoms with Gasteiger partial charge in [-0.25, -0.2) is 18.7 Å². The molecule has 0 unspecified atom stereocenters. The number of nitrogens with zero attached hydrogens (tertiary/aromatic N) is 6. The van der Waals surface area contributed by atoms with Crippen molar-refractivity contribution in [1.29, 1.82) is 0 Å². The third-order valence-electron chi connectivity index (χ3n) is 12.2. The lowest BCUT2D eigenvalue weighted by Crippen LogP contribution is -2.33. The number of oxazole rings is 1. The molecule has 352 valence electrons. The lowest BCUT2D eigenvalue weighted by atomic mass is 9.86. The molecule has 2 aliphatic carbocycles. The number of anilines is 3. The van der Waals surface area contributed by atoms with Crippen molar-refractivity contribution in [2.75, 3.05) is 62.5 Å². The van der Waals surface area contributed by atoms with Gasteiger partial charge in [0.05, 0.1) is 24.9 Å².